The van der Waals surface area contributed by atoms with Gasteiger partial charge in [-0.3, -0.25) is 9.69 Å². The van der Waals surface area contributed by atoms with Crippen molar-refractivity contribution in [1.29, 1.82) is 0 Å². The molecule has 0 unspecified atom stereocenters. The number of fused-ring (bicyclic) bond motifs is 3. The Morgan fingerprint density at radius 3 is 2.67 bits per heavy atom. The molecule has 3 saturated heterocycles. The fourth-order valence-electron chi connectivity index (χ4n) is 7.26. The summed E-state index contributed by atoms with van der Waals surface area (Å²) in [7, 11) is 2.18. The lowest BCUT2D eigenvalue weighted by molar-refractivity contribution is -0.0893. The molecule has 7 heterocycles. The number of pyridine rings is 2. The van der Waals surface area contributed by atoms with Crippen molar-refractivity contribution in [3.05, 3.63) is 64.3 Å². The fourth-order valence-corrected chi connectivity index (χ4v) is 7.26. The third kappa shape index (κ3) is 4.79. The van der Waals surface area contributed by atoms with Crippen LogP contribution >= 0.6 is 0 Å². The summed E-state index contributed by atoms with van der Waals surface area (Å²) >= 11 is 0. The third-order valence-corrected chi connectivity index (χ3v) is 9.76. The van der Waals surface area contributed by atoms with E-state index in [1.807, 2.05) is 23.0 Å². The quantitative estimate of drug-likeness (QED) is 0.460. The van der Waals surface area contributed by atoms with E-state index in [0.717, 1.165) is 55.1 Å². The molecule has 10 nitrogen and oxygen atoms in total. The van der Waals surface area contributed by atoms with Crippen molar-refractivity contribution in [2.45, 2.75) is 82.0 Å². The number of anilines is 4. The summed E-state index contributed by atoms with van der Waals surface area (Å²) in [5.74, 6) is 2.21. The maximum Gasteiger partial charge on any atom is 0.252 e. The number of nitrogens with zero attached hydrogens (tertiary/aromatic N) is 6. The Morgan fingerprint density at radius 1 is 1.07 bits per heavy atom. The second-order valence-electron chi connectivity index (χ2n) is 13.2. The first-order chi connectivity index (χ1) is 20.2. The standard InChI is InChI=1S/C32H41N7O3/c1-31(2)18-26-32(3,20-42-31)23-19-33-30(34-21-10-14-38(28(40)17-21)22-11-15-41-16-12-22)36-29(23)39(26)27-9-5-7-24(35-27)25-8-6-13-37(25)4/h5,7,9-10,14,17,19,22,25-26H,6,8,11-13,15-16,18,20H2,1-4H3,(H,33,34,36)/t25-,26-,32-/m1/s1. The molecule has 4 aliphatic rings. The van der Waals surface area contributed by atoms with Gasteiger partial charge in [-0.05, 0) is 77.7 Å². The van der Waals surface area contributed by atoms with E-state index in [1.165, 1.54) is 6.42 Å². The van der Waals surface area contributed by atoms with Gasteiger partial charge in [-0.2, -0.15) is 4.98 Å². The van der Waals surface area contributed by atoms with Gasteiger partial charge in [0.05, 0.1) is 30.0 Å². The number of hydrogen-bond donors (Lipinski definition) is 1. The molecule has 0 spiro atoms. The van der Waals surface area contributed by atoms with Gasteiger partial charge in [-0.1, -0.05) is 13.0 Å². The van der Waals surface area contributed by atoms with Crippen LogP contribution in [0, 0.1) is 0 Å². The second-order valence-corrected chi connectivity index (χ2v) is 13.2. The van der Waals surface area contributed by atoms with Gasteiger partial charge in [0.1, 0.15) is 11.6 Å². The Kier molecular flexibility index (Phi) is 6.83. The van der Waals surface area contributed by atoms with E-state index in [-0.39, 0.29) is 28.7 Å². The van der Waals surface area contributed by atoms with Crippen molar-refractivity contribution >= 4 is 23.3 Å². The largest absolute Gasteiger partial charge is 0.381 e. The predicted octanol–water partition coefficient (Wildman–Crippen LogP) is 4.87. The van der Waals surface area contributed by atoms with Crippen LogP contribution in [0.25, 0.3) is 0 Å². The first-order valence-electron chi connectivity index (χ1n) is 15.3. The summed E-state index contributed by atoms with van der Waals surface area (Å²) < 4.78 is 13.7. The molecule has 0 bridgehead atoms. The van der Waals surface area contributed by atoms with Crippen molar-refractivity contribution in [1.82, 2.24) is 24.4 Å². The minimum absolute atomic E-state index is 0.0366. The number of nitrogens with one attached hydrogen (secondary N) is 1. The van der Waals surface area contributed by atoms with Crippen LogP contribution < -0.4 is 15.8 Å². The van der Waals surface area contributed by atoms with E-state index in [9.17, 15) is 4.79 Å². The molecule has 0 saturated carbocycles. The van der Waals surface area contributed by atoms with E-state index in [2.05, 4.69) is 61.1 Å². The molecule has 222 valence electrons. The molecule has 42 heavy (non-hydrogen) atoms. The monoisotopic (exact) mass is 571 g/mol. The van der Waals surface area contributed by atoms with E-state index < -0.39 is 0 Å². The van der Waals surface area contributed by atoms with Crippen molar-refractivity contribution in [2.75, 3.05) is 43.6 Å². The van der Waals surface area contributed by atoms with Gasteiger partial charge < -0.3 is 24.3 Å². The van der Waals surface area contributed by atoms with Crippen LogP contribution in [0.15, 0.2) is 47.5 Å². The third-order valence-electron chi connectivity index (χ3n) is 9.76. The van der Waals surface area contributed by atoms with Gasteiger partial charge in [-0.15, -0.1) is 0 Å². The average molecular weight is 572 g/mol. The molecule has 0 aromatic carbocycles. The predicted molar refractivity (Wildman–Crippen MR) is 162 cm³/mol. The van der Waals surface area contributed by atoms with E-state index in [1.54, 1.807) is 6.07 Å². The zero-order valence-electron chi connectivity index (χ0n) is 25.0. The van der Waals surface area contributed by atoms with Crippen LogP contribution in [0.1, 0.15) is 76.2 Å². The summed E-state index contributed by atoms with van der Waals surface area (Å²) in [6, 6.07) is 10.5. The Labute approximate surface area is 247 Å². The number of likely N-dealkylation sites (tertiary alicyclic amines) is 1. The first-order valence-corrected chi connectivity index (χ1v) is 15.3. The summed E-state index contributed by atoms with van der Waals surface area (Å²) in [6.07, 6.45) is 8.64. The molecule has 1 N–H and O–H groups in total. The van der Waals surface area contributed by atoms with Crippen LogP contribution in [-0.4, -0.2) is 69.5 Å². The minimum Gasteiger partial charge on any atom is -0.381 e. The van der Waals surface area contributed by atoms with Crippen molar-refractivity contribution in [3.8, 4) is 0 Å². The lowest BCUT2D eigenvalue weighted by Crippen LogP contribution is -2.54. The zero-order valence-corrected chi connectivity index (χ0v) is 25.0. The minimum atomic E-state index is -0.282. The highest BCUT2D eigenvalue weighted by atomic mass is 16.5. The first kappa shape index (κ1) is 27.5. The Hall–Kier alpha value is -3.34. The molecule has 4 aliphatic heterocycles. The molecular formula is C32H41N7O3. The van der Waals surface area contributed by atoms with Crippen molar-refractivity contribution < 1.29 is 9.47 Å². The van der Waals surface area contributed by atoms with Gasteiger partial charge in [-0.25, -0.2) is 9.97 Å². The zero-order chi connectivity index (χ0) is 29.1. The van der Waals surface area contributed by atoms with Crippen LogP contribution in [0.4, 0.5) is 23.3 Å². The lowest BCUT2D eigenvalue weighted by atomic mass is 9.73. The number of ether oxygens (including phenoxy) is 2. The van der Waals surface area contributed by atoms with E-state index >= 15 is 0 Å². The lowest BCUT2D eigenvalue weighted by Gasteiger charge is -2.46. The van der Waals surface area contributed by atoms with Crippen molar-refractivity contribution in [3.63, 3.8) is 0 Å². The van der Waals surface area contributed by atoms with Gasteiger partial charge in [0.15, 0.2) is 0 Å². The normalized spacial score (nSPS) is 27.6. The summed E-state index contributed by atoms with van der Waals surface area (Å²) in [5.41, 5.74) is 2.25. The van der Waals surface area contributed by atoms with Crippen LogP contribution in [-0.2, 0) is 14.9 Å². The van der Waals surface area contributed by atoms with Gasteiger partial charge >= 0.3 is 0 Å². The summed E-state index contributed by atoms with van der Waals surface area (Å²) in [6.45, 7) is 9.63. The number of rotatable bonds is 5. The maximum atomic E-state index is 13.0. The number of hydrogen-bond acceptors (Lipinski definition) is 9. The van der Waals surface area contributed by atoms with Crippen LogP contribution in [0.5, 0.6) is 0 Å². The highest BCUT2D eigenvalue weighted by Crippen LogP contribution is 2.53. The summed E-state index contributed by atoms with van der Waals surface area (Å²) in [5, 5.41) is 3.30. The SMILES string of the molecule is CN1CCC[C@@H]1c1cccc(N2c3nc(Nc4ccn(C5CCOCC5)c(=O)c4)ncc3[C@@]3(C)COC(C)(C)C[C@@H]23)n1. The van der Waals surface area contributed by atoms with E-state index in [4.69, 9.17) is 24.4 Å². The number of aromatic nitrogens is 4. The Bertz CT molecular complexity index is 1530. The Morgan fingerprint density at radius 2 is 1.90 bits per heavy atom. The molecule has 3 aromatic rings. The summed E-state index contributed by atoms with van der Waals surface area (Å²) in [4.78, 5) is 32.8. The molecule has 0 radical (unpaired) electrons. The van der Waals surface area contributed by atoms with Gasteiger partial charge in [0, 0.05) is 54.4 Å². The molecule has 10 heteroatoms. The Balaban J connectivity index is 1.24. The molecule has 7 rings (SSSR count). The van der Waals surface area contributed by atoms with E-state index in [0.29, 0.717) is 37.5 Å². The molecule has 0 aliphatic carbocycles. The molecule has 3 atom stereocenters. The highest BCUT2D eigenvalue weighted by molar-refractivity contribution is 5.71. The highest BCUT2D eigenvalue weighted by Gasteiger charge is 2.55. The smallest absolute Gasteiger partial charge is 0.252 e. The van der Waals surface area contributed by atoms with Gasteiger partial charge in [0.2, 0.25) is 5.95 Å². The van der Waals surface area contributed by atoms with Gasteiger partial charge in [0.25, 0.3) is 5.56 Å². The van der Waals surface area contributed by atoms with Crippen LogP contribution in [0.2, 0.25) is 0 Å². The average Bonchev–Trinajstić information content (AvgIpc) is 3.51. The van der Waals surface area contributed by atoms with Crippen LogP contribution in [0.3, 0.4) is 0 Å². The molecule has 0 amide bonds. The topological polar surface area (TPSA) is 97.6 Å². The molecular weight excluding hydrogens is 530 g/mol. The maximum absolute atomic E-state index is 13.0. The molecule has 3 fully saturated rings. The fraction of sp³-hybridized carbons (Fsp3) is 0.562. The van der Waals surface area contributed by atoms with Crippen molar-refractivity contribution in [2.24, 2.45) is 0 Å². The molecule has 3 aromatic heterocycles. The second kappa shape index (κ2) is 10.4.